The monoisotopic (exact) mass is 493 g/mol. The first kappa shape index (κ1) is 26.2. The third-order valence-electron chi connectivity index (χ3n) is 6.75. The van der Waals surface area contributed by atoms with Crippen LogP contribution in [0, 0.1) is 0 Å². The van der Waals surface area contributed by atoms with E-state index in [0.29, 0.717) is 13.2 Å². The molecule has 0 amide bonds. The molecule has 2 atom stereocenters. The minimum atomic E-state index is -0.270. The maximum absolute atomic E-state index is 13.0. The third-order valence-corrected chi connectivity index (χ3v) is 6.75. The zero-order chi connectivity index (χ0) is 26.0. The number of hydrogen-bond acceptors (Lipinski definition) is 4. The Hall–Kier alpha value is -3.89. The second-order valence-electron chi connectivity index (χ2n) is 9.09. The molecule has 0 aliphatic heterocycles. The van der Waals surface area contributed by atoms with Gasteiger partial charge in [0.25, 0.3) is 0 Å². The first-order valence-electron chi connectivity index (χ1n) is 12.8. The topological polar surface area (TPSA) is 38.8 Å². The van der Waals surface area contributed by atoms with Crippen molar-refractivity contribution in [2.75, 3.05) is 13.7 Å². The zero-order valence-corrected chi connectivity index (χ0v) is 21.8. The summed E-state index contributed by atoms with van der Waals surface area (Å²) in [5, 5.41) is 0. The van der Waals surface area contributed by atoms with Gasteiger partial charge in [-0.1, -0.05) is 97.1 Å². The van der Waals surface area contributed by atoms with Crippen LogP contribution in [0.2, 0.25) is 0 Å². The molecule has 37 heavy (non-hydrogen) atoms. The minimum absolute atomic E-state index is 0.0333. The van der Waals surface area contributed by atoms with Gasteiger partial charge in [0.05, 0.1) is 20.1 Å². The van der Waals surface area contributed by atoms with Crippen LogP contribution in [0.1, 0.15) is 49.0 Å². The summed E-state index contributed by atoms with van der Waals surface area (Å²) in [6.07, 6.45) is 0.215. The highest BCUT2D eigenvalue weighted by molar-refractivity contribution is 5.72. The van der Waals surface area contributed by atoms with E-state index >= 15 is 0 Å². The summed E-state index contributed by atoms with van der Waals surface area (Å²) >= 11 is 0. The Bertz CT molecular complexity index is 1260. The fraction of sp³-hybridized carbons (Fsp3) is 0.242. The summed E-state index contributed by atoms with van der Waals surface area (Å²) in [5.74, 6) is 0.533. The van der Waals surface area contributed by atoms with Crippen LogP contribution in [0.5, 0.6) is 5.75 Å². The molecule has 4 aromatic carbocycles. The summed E-state index contributed by atoms with van der Waals surface area (Å²) < 4.78 is 11.3. The van der Waals surface area contributed by atoms with Crippen LogP contribution in [0.15, 0.2) is 109 Å². The van der Waals surface area contributed by atoms with Gasteiger partial charge in [0.15, 0.2) is 0 Å². The number of carbonyl (C=O) groups is 1. The summed E-state index contributed by atoms with van der Waals surface area (Å²) in [6, 6.07) is 37.1. The molecule has 190 valence electrons. The lowest BCUT2D eigenvalue weighted by atomic mass is 9.93. The lowest BCUT2D eigenvalue weighted by molar-refractivity contribution is -0.145. The third kappa shape index (κ3) is 6.66. The summed E-state index contributed by atoms with van der Waals surface area (Å²) in [7, 11) is 1.69. The lowest BCUT2D eigenvalue weighted by Crippen LogP contribution is -2.33. The number of methoxy groups -OCH3 is 1. The Morgan fingerprint density at radius 2 is 1.43 bits per heavy atom. The Morgan fingerprint density at radius 3 is 2.05 bits per heavy atom. The molecule has 4 aromatic rings. The van der Waals surface area contributed by atoms with Crippen LogP contribution in [0.4, 0.5) is 0 Å². The molecule has 0 fully saturated rings. The molecule has 0 heterocycles. The largest absolute Gasteiger partial charge is 0.496 e. The standard InChI is InChI=1S/C33H35NO3/c1-4-37-33(35)23-31(30-22-29(20-21-32(30)36-3)28-18-12-7-13-19-28)34(24-26-14-8-5-9-15-26)25(2)27-16-10-6-11-17-27/h5-22,25,31H,4,23-24H2,1-3H3. The molecule has 4 rings (SSSR count). The highest BCUT2D eigenvalue weighted by Gasteiger charge is 2.31. The zero-order valence-electron chi connectivity index (χ0n) is 21.8. The van der Waals surface area contributed by atoms with E-state index in [2.05, 4.69) is 84.6 Å². The highest BCUT2D eigenvalue weighted by Crippen LogP contribution is 2.40. The second-order valence-corrected chi connectivity index (χ2v) is 9.09. The van der Waals surface area contributed by atoms with Gasteiger partial charge in [-0.15, -0.1) is 0 Å². The molecule has 0 N–H and O–H groups in total. The fourth-order valence-corrected chi connectivity index (χ4v) is 4.82. The van der Waals surface area contributed by atoms with Crippen molar-refractivity contribution in [3.8, 4) is 16.9 Å². The van der Waals surface area contributed by atoms with Crippen LogP contribution in [-0.4, -0.2) is 24.6 Å². The summed E-state index contributed by atoms with van der Waals surface area (Å²) in [5.41, 5.74) is 5.53. The molecule has 4 nitrogen and oxygen atoms in total. The van der Waals surface area contributed by atoms with Crippen molar-refractivity contribution in [1.82, 2.24) is 4.90 Å². The number of nitrogens with zero attached hydrogens (tertiary/aromatic N) is 1. The van der Waals surface area contributed by atoms with Crippen LogP contribution in [0.3, 0.4) is 0 Å². The van der Waals surface area contributed by atoms with Gasteiger partial charge in [0, 0.05) is 24.2 Å². The molecule has 0 aromatic heterocycles. The first-order valence-corrected chi connectivity index (χ1v) is 12.8. The number of carbonyl (C=O) groups excluding carboxylic acids is 1. The summed E-state index contributed by atoms with van der Waals surface area (Å²) in [4.78, 5) is 15.4. The van der Waals surface area contributed by atoms with E-state index in [4.69, 9.17) is 9.47 Å². The van der Waals surface area contributed by atoms with Gasteiger partial charge in [-0.05, 0) is 48.2 Å². The van der Waals surface area contributed by atoms with Crippen molar-refractivity contribution in [2.45, 2.75) is 38.9 Å². The van der Waals surface area contributed by atoms with E-state index in [1.807, 2.05) is 43.3 Å². The minimum Gasteiger partial charge on any atom is -0.496 e. The maximum atomic E-state index is 13.0. The van der Waals surface area contributed by atoms with Crippen molar-refractivity contribution < 1.29 is 14.3 Å². The normalized spacial score (nSPS) is 12.6. The highest BCUT2D eigenvalue weighted by atomic mass is 16.5. The molecule has 0 aliphatic rings. The number of esters is 1. The van der Waals surface area contributed by atoms with E-state index in [1.165, 1.54) is 11.1 Å². The predicted molar refractivity (Wildman–Crippen MR) is 149 cm³/mol. The molecule has 4 heteroatoms. The van der Waals surface area contributed by atoms with Crippen molar-refractivity contribution in [1.29, 1.82) is 0 Å². The molecule has 0 saturated carbocycles. The molecule has 2 unspecified atom stereocenters. The Kier molecular flexibility index (Phi) is 9.12. The van der Waals surface area contributed by atoms with Crippen LogP contribution in [-0.2, 0) is 16.1 Å². The number of ether oxygens (including phenoxy) is 2. The molecule has 0 bridgehead atoms. The smallest absolute Gasteiger partial charge is 0.307 e. The molecule has 0 radical (unpaired) electrons. The second kappa shape index (κ2) is 12.9. The maximum Gasteiger partial charge on any atom is 0.307 e. The first-order chi connectivity index (χ1) is 18.1. The van der Waals surface area contributed by atoms with Gasteiger partial charge in [0.2, 0.25) is 0 Å². The summed E-state index contributed by atoms with van der Waals surface area (Å²) in [6.45, 7) is 5.06. The number of rotatable bonds is 11. The van der Waals surface area contributed by atoms with Crippen LogP contribution >= 0.6 is 0 Å². The van der Waals surface area contributed by atoms with Crippen molar-refractivity contribution >= 4 is 5.97 Å². The van der Waals surface area contributed by atoms with Crippen LogP contribution < -0.4 is 4.74 Å². The Balaban J connectivity index is 1.85. The number of hydrogen-bond donors (Lipinski definition) is 0. The van der Waals surface area contributed by atoms with E-state index < -0.39 is 0 Å². The van der Waals surface area contributed by atoms with E-state index in [-0.39, 0.29) is 24.5 Å². The quantitative estimate of drug-likeness (QED) is 0.201. The van der Waals surface area contributed by atoms with Crippen molar-refractivity contribution in [3.63, 3.8) is 0 Å². The van der Waals surface area contributed by atoms with Gasteiger partial charge in [0.1, 0.15) is 5.75 Å². The van der Waals surface area contributed by atoms with Crippen LogP contribution in [0.25, 0.3) is 11.1 Å². The Morgan fingerprint density at radius 1 is 0.811 bits per heavy atom. The van der Waals surface area contributed by atoms with Crippen molar-refractivity contribution in [2.24, 2.45) is 0 Å². The molecule has 0 spiro atoms. The number of benzene rings is 4. The van der Waals surface area contributed by atoms with Gasteiger partial charge in [-0.25, -0.2) is 0 Å². The van der Waals surface area contributed by atoms with Gasteiger partial charge in [-0.3, -0.25) is 9.69 Å². The fourth-order valence-electron chi connectivity index (χ4n) is 4.82. The van der Waals surface area contributed by atoms with E-state index in [9.17, 15) is 4.79 Å². The SMILES string of the molecule is CCOC(=O)CC(c1cc(-c2ccccc2)ccc1OC)N(Cc1ccccc1)C(C)c1ccccc1. The molecule has 0 aliphatic carbocycles. The van der Waals surface area contributed by atoms with E-state index in [0.717, 1.165) is 22.4 Å². The van der Waals surface area contributed by atoms with Gasteiger partial charge >= 0.3 is 5.97 Å². The average molecular weight is 494 g/mol. The average Bonchev–Trinajstić information content (AvgIpc) is 2.96. The Labute approximate surface area is 220 Å². The molecular weight excluding hydrogens is 458 g/mol. The molecule has 0 saturated heterocycles. The van der Waals surface area contributed by atoms with Gasteiger partial charge in [-0.2, -0.15) is 0 Å². The van der Waals surface area contributed by atoms with E-state index in [1.54, 1.807) is 7.11 Å². The molecular formula is C33H35NO3. The lowest BCUT2D eigenvalue weighted by Gasteiger charge is -2.37. The van der Waals surface area contributed by atoms with Gasteiger partial charge < -0.3 is 9.47 Å². The van der Waals surface area contributed by atoms with Crippen molar-refractivity contribution in [3.05, 3.63) is 126 Å². The predicted octanol–water partition coefficient (Wildman–Crippen LogP) is 7.62.